The summed E-state index contributed by atoms with van der Waals surface area (Å²) < 4.78 is 15.3. The third kappa shape index (κ3) is 3.11. The molecular formula is C13H15FN4O2. The highest BCUT2D eigenvalue weighted by atomic mass is 19.1. The quantitative estimate of drug-likeness (QED) is 0.673. The molecule has 1 aromatic heterocycles. The largest absolute Gasteiger partial charge is 0.379 e. The summed E-state index contributed by atoms with van der Waals surface area (Å²) in [6.45, 7) is 4.47. The lowest BCUT2D eigenvalue weighted by molar-refractivity contribution is -0.385. The Labute approximate surface area is 115 Å². The third-order valence-electron chi connectivity index (χ3n) is 2.87. The van der Waals surface area contributed by atoms with E-state index in [1.807, 2.05) is 18.4 Å². The Hall–Kier alpha value is -2.44. The van der Waals surface area contributed by atoms with Crippen molar-refractivity contribution < 1.29 is 9.31 Å². The van der Waals surface area contributed by atoms with Crippen LogP contribution in [0.1, 0.15) is 25.6 Å². The molecule has 6 nitrogen and oxygen atoms in total. The molecule has 2 rings (SSSR count). The summed E-state index contributed by atoms with van der Waals surface area (Å²) in [4.78, 5) is 14.1. The molecule has 0 radical (unpaired) electrons. The van der Waals surface area contributed by atoms with Crippen LogP contribution in [0.5, 0.6) is 0 Å². The number of non-ortho nitro benzene ring substituents is 1. The summed E-state index contributed by atoms with van der Waals surface area (Å²) in [7, 11) is 0. The van der Waals surface area contributed by atoms with Gasteiger partial charge in [-0.25, -0.2) is 9.37 Å². The smallest absolute Gasteiger partial charge is 0.274 e. The highest BCUT2D eigenvalue weighted by Gasteiger charge is 2.10. The fourth-order valence-corrected chi connectivity index (χ4v) is 1.91. The zero-order valence-electron chi connectivity index (χ0n) is 11.2. The van der Waals surface area contributed by atoms with Crippen LogP contribution < -0.4 is 5.32 Å². The summed E-state index contributed by atoms with van der Waals surface area (Å²) in [5, 5.41) is 13.7. The standard InChI is InChI=1S/C13H15FN4O2/c1-9(2)17-8-15-6-13(17)7-16-11-3-10(14)4-12(5-11)18(19)20/h3-6,8-9,16H,7H2,1-2H3. The van der Waals surface area contributed by atoms with Crippen LogP contribution in [0.15, 0.2) is 30.7 Å². The molecule has 0 bridgehead atoms. The van der Waals surface area contributed by atoms with E-state index in [2.05, 4.69) is 10.3 Å². The fourth-order valence-electron chi connectivity index (χ4n) is 1.91. The molecule has 7 heteroatoms. The molecule has 0 atom stereocenters. The van der Waals surface area contributed by atoms with E-state index in [1.54, 1.807) is 12.5 Å². The molecule has 0 aliphatic rings. The minimum Gasteiger partial charge on any atom is -0.379 e. The first kappa shape index (κ1) is 14.0. The van der Waals surface area contributed by atoms with Gasteiger partial charge in [0.05, 0.1) is 29.6 Å². The molecule has 0 amide bonds. The molecule has 1 aromatic carbocycles. The van der Waals surface area contributed by atoms with Crippen molar-refractivity contribution in [3.05, 3.63) is 52.3 Å². The van der Waals surface area contributed by atoms with Crippen LogP contribution in [0.3, 0.4) is 0 Å². The van der Waals surface area contributed by atoms with E-state index < -0.39 is 10.7 Å². The highest BCUT2D eigenvalue weighted by molar-refractivity contribution is 5.51. The zero-order valence-corrected chi connectivity index (χ0v) is 11.2. The van der Waals surface area contributed by atoms with Crippen molar-refractivity contribution in [1.29, 1.82) is 0 Å². The number of hydrogen-bond acceptors (Lipinski definition) is 4. The molecule has 0 spiro atoms. The third-order valence-corrected chi connectivity index (χ3v) is 2.87. The first-order valence-corrected chi connectivity index (χ1v) is 6.17. The molecular weight excluding hydrogens is 263 g/mol. The number of aromatic nitrogens is 2. The number of imidazole rings is 1. The van der Waals surface area contributed by atoms with Crippen molar-refractivity contribution in [2.45, 2.75) is 26.4 Å². The lowest BCUT2D eigenvalue weighted by Crippen LogP contribution is -2.09. The number of nitrogens with zero attached hydrogens (tertiary/aromatic N) is 3. The van der Waals surface area contributed by atoms with E-state index in [0.29, 0.717) is 12.2 Å². The number of rotatable bonds is 5. The van der Waals surface area contributed by atoms with Crippen LogP contribution in [-0.2, 0) is 6.54 Å². The van der Waals surface area contributed by atoms with Gasteiger partial charge in [-0.15, -0.1) is 0 Å². The van der Waals surface area contributed by atoms with Gasteiger partial charge in [-0.2, -0.15) is 0 Å². The Morgan fingerprint density at radius 2 is 2.20 bits per heavy atom. The molecule has 1 N–H and O–H groups in total. The second-order valence-electron chi connectivity index (χ2n) is 4.69. The van der Waals surface area contributed by atoms with Crippen LogP contribution >= 0.6 is 0 Å². The highest BCUT2D eigenvalue weighted by Crippen LogP contribution is 2.21. The maximum atomic E-state index is 13.3. The lowest BCUT2D eigenvalue weighted by Gasteiger charge is -2.13. The van der Waals surface area contributed by atoms with Gasteiger partial charge in [0.25, 0.3) is 5.69 Å². The molecule has 0 unspecified atom stereocenters. The maximum Gasteiger partial charge on any atom is 0.274 e. The predicted octanol–water partition coefficient (Wildman–Crippen LogP) is 3.12. The summed E-state index contributed by atoms with van der Waals surface area (Å²) in [6, 6.07) is 3.68. The normalized spacial score (nSPS) is 10.8. The van der Waals surface area contributed by atoms with Gasteiger partial charge in [-0.1, -0.05) is 0 Å². The van der Waals surface area contributed by atoms with Gasteiger partial charge in [0.15, 0.2) is 0 Å². The summed E-state index contributed by atoms with van der Waals surface area (Å²) >= 11 is 0. The molecule has 0 saturated carbocycles. The van der Waals surface area contributed by atoms with Gasteiger partial charge in [-0.05, 0) is 19.9 Å². The van der Waals surface area contributed by atoms with Gasteiger partial charge < -0.3 is 9.88 Å². The Morgan fingerprint density at radius 1 is 1.45 bits per heavy atom. The lowest BCUT2D eigenvalue weighted by atomic mass is 10.2. The number of nitro groups is 1. The summed E-state index contributed by atoms with van der Waals surface area (Å²) in [5.41, 5.74) is 1.02. The minimum atomic E-state index is -0.640. The van der Waals surface area contributed by atoms with Gasteiger partial charge in [-0.3, -0.25) is 10.1 Å². The van der Waals surface area contributed by atoms with Crippen LogP contribution in [0.4, 0.5) is 15.8 Å². The number of nitro benzene ring substituents is 1. The van der Waals surface area contributed by atoms with Gasteiger partial charge in [0.1, 0.15) is 5.82 Å². The molecule has 0 aliphatic heterocycles. The van der Waals surface area contributed by atoms with Crippen molar-refractivity contribution in [3.8, 4) is 0 Å². The second-order valence-corrected chi connectivity index (χ2v) is 4.69. The van der Waals surface area contributed by atoms with Crippen LogP contribution in [0, 0.1) is 15.9 Å². The minimum absolute atomic E-state index is 0.260. The summed E-state index contributed by atoms with van der Waals surface area (Å²) in [6.07, 6.45) is 3.43. The molecule has 2 aromatic rings. The van der Waals surface area contributed by atoms with Crippen molar-refractivity contribution in [2.75, 3.05) is 5.32 Å². The summed E-state index contributed by atoms with van der Waals surface area (Å²) in [5.74, 6) is -0.640. The number of benzene rings is 1. The van der Waals surface area contributed by atoms with Crippen molar-refractivity contribution in [3.63, 3.8) is 0 Å². The van der Waals surface area contributed by atoms with Crippen LogP contribution in [0.2, 0.25) is 0 Å². The van der Waals surface area contributed by atoms with Gasteiger partial charge >= 0.3 is 0 Å². The monoisotopic (exact) mass is 278 g/mol. The molecule has 0 aliphatic carbocycles. The molecule has 106 valence electrons. The van der Waals surface area contributed by atoms with E-state index in [9.17, 15) is 14.5 Å². The number of anilines is 1. The number of hydrogen-bond donors (Lipinski definition) is 1. The topological polar surface area (TPSA) is 73.0 Å². The van der Waals surface area contributed by atoms with E-state index in [4.69, 9.17) is 0 Å². The molecule has 0 saturated heterocycles. The van der Waals surface area contributed by atoms with E-state index in [0.717, 1.165) is 11.8 Å². The Morgan fingerprint density at radius 3 is 2.85 bits per heavy atom. The van der Waals surface area contributed by atoms with Gasteiger partial charge in [0, 0.05) is 24.0 Å². The Bertz CT molecular complexity index is 625. The fraction of sp³-hybridized carbons (Fsp3) is 0.308. The van der Waals surface area contributed by atoms with Crippen molar-refractivity contribution in [2.24, 2.45) is 0 Å². The number of nitrogens with one attached hydrogen (secondary N) is 1. The van der Waals surface area contributed by atoms with Crippen LogP contribution in [0.25, 0.3) is 0 Å². The van der Waals surface area contributed by atoms with E-state index in [-0.39, 0.29) is 11.7 Å². The Kier molecular flexibility index (Phi) is 3.97. The van der Waals surface area contributed by atoms with Gasteiger partial charge in [0.2, 0.25) is 0 Å². The van der Waals surface area contributed by atoms with Crippen molar-refractivity contribution in [1.82, 2.24) is 9.55 Å². The second kappa shape index (κ2) is 5.68. The average molecular weight is 278 g/mol. The molecule has 1 heterocycles. The zero-order chi connectivity index (χ0) is 14.7. The first-order valence-electron chi connectivity index (χ1n) is 6.17. The van der Waals surface area contributed by atoms with Crippen LogP contribution in [-0.4, -0.2) is 14.5 Å². The number of halogens is 1. The molecule has 0 fully saturated rings. The van der Waals surface area contributed by atoms with E-state index in [1.165, 1.54) is 12.1 Å². The average Bonchev–Trinajstić information content (AvgIpc) is 2.84. The Balaban J connectivity index is 2.14. The maximum absolute atomic E-state index is 13.3. The van der Waals surface area contributed by atoms with E-state index >= 15 is 0 Å². The first-order chi connectivity index (χ1) is 9.47. The predicted molar refractivity (Wildman–Crippen MR) is 73.0 cm³/mol. The SMILES string of the molecule is CC(C)n1cncc1CNc1cc(F)cc([N+](=O)[O-])c1. The van der Waals surface area contributed by atoms with Crippen molar-refractivity contribution >= 4 is 11.4 Å². The molecule has 20 heavy (non-hydrogen) atoms.